The van der Waals surface area contributed by atoms with Crippen LogP contribution in [0.2, 0.25) is 0 Å². The lowest BCUT2D eigenvalue weighted by Crippen LogP contribution is -2.38. The zero-order valence-electron chi connectivity index (χ0n) is 14.5. The highest BCUT2D eigenvalue weighted by Gasteiger charge is 2.42. The van der Waals surface area contributed by atoms with Crippen LogP contribution in [0.15, 0.2) is 48.5 Å². The van der Waals surface area contributed by atoms with E-state index in [9.17, 15) is 9.18 Å². The van der Waals surface area contributed by atoms with E-state index in [2.05, 4.69) is 5.32 Å². The first-order valence-electron chi connectivity index (χ1n) is 8.64. The van der Waals surface area contributed by atoms with Gasteiger partial charge in [0.2, 0.25) is 5.91 Å². The monoisotopic (exact) mass is 378 g/mol. The first-order valence-corrected chi connectivity index (χ1v) is 8.64. The molecule has 3 N–H and O–H groups in total. The van der Waals surface area contributed by atoms with Gasteiger partial charge in [0.25, 0.3) is 0 Å². The summed E-state index contributed by atoms with van der Waals surface area (Å²) in [5.41, 5.74) is 6.21. The van der Waals surface area contributed by atoms with E-state index in [-0.39, 0.29) is 24.1 Å². The minimum atomic E-state index is -0.656. The fourth-order valence-corrected chi connectivity index (χ4v) is 3.47. The molecular weight excluding hydrogens is 355 g/mol. The maximum absolute atomic E-state index is 13.7. The number of anilines is 1. The van der Waals surface area contributed by atoms with Crippen molar-refractivity contribution in [3.63, 3.8) is 0 Å². The van der Waals surface area contributed by atoms with E-state index < -0.39 is 5.41 Å². The molecule has 1 amide bonds. The lowest BCUT2D eigenvalue weighted by atomic mass is 9.78. The second-order valence-corrected chi connectivity index (χ2v) is 6.42. The van der Waals surface area contributed by atoms with Gasteiger partial charge in [-0.25, -0.2) is 4.39 Å². The first-order chi connectivity index (χ1) is 12.1. The lowest BCUT2D eigenvalue weighted by molar-refractivity contribution is -0.121. The van der Waals surface area contributed by atoms with Gasteiger partial charge >= 0.3 is 0 Å². The molecule has 0 heterocycles. The Morgan fingerprint density at radius 1 is 1.15 bits per heavy atom. The average molecular weight is 379 g/mol. The Morgan fingerprint density at radius 3 is 2.46 bits per heavy atom. The van der Waals surface area contributed by atoms with Gasteiger partial charge in [0.15, 0.2) is 0 Å². The molecule has 140 valence electrons. The van der Waals surface area contributed by atoms with Crippen molar-refractivity contribution in [1.82, 2.24) is 0 Å². The van der Waals surface area contributed by atoms with Crippen LogP contribution < -0.4 is 15.8 Å². The van der Waals surface area contributed by atoms with Crippen molar-refractivity contribution < 1.29 is 13.9 Å². The molecule has 0 aromatic heterocycles. The second-order valence-electron chi connectivity index (χ2n) is 6.42. The molecule has 2 aromatic carbocycles. The molecule has 6 heteroatoms. The molecule has 0 aliphatic heterocycles. The fraction of sp³-hybridized carbons (Fsp3) is 0.350. The van der Waals surface area contributed by atoms with Crippen molar-refractivity contribution in [2.45, 2.75) is 31.1 Å². The molecule has 0 unspecified atom stereocenters. The maximum Gasteiger partial charge on any atom is 0.235 e. The number of carbonyl (C=O) groups is 1. The van der Waals surface area contributed by atoms with E-state index >= 15 is 0 Å². The number of ether oxygens (including phenoxy) is 1. The Hall–Kier alpha value is -2.11. The van der Waals surface area contributed by atoms with Gasteiger partial charge in [0, 0.05) is 12.2 Å². The van der Waals surface area contributed by atoms with E-state index in [0.717, 1.165) is 31.2 Å². The summed E-state index contributed by atoms with van der Waals surface area (Å²) in [4.78, 5) is 13.0. The topological polar surface area (TPSA) is 64.3 Å². The average Bonchev–Trinajstić information content (AvgIpc) is 3.12. The lowest BCUT2D eigenvalue weighted by Gasteiger charge is -2.28. The van der Waals surface area contributed by atoms with E-state index in [1.54, 1.807) is 30.3 Å². The fourth-order valence-electron chi connectivity index (χ4n) is 3.47. The van der Waals surface area contributed by atoms with Crippen LogP contribution in [0, 0.1) is 5.82 Å². The largest absolute Gasteiger partial charge is 0.492 e. The number of carbonyl (C=O) groups excluding carboxylic acids is 1. The molecular formula is C20H24ClFN2O2. The summed E-state index contributed by atoms with van der Waals surface area (Å²) < 4.78 is 19.1. The van der Waals surface area contributed by atoms with Gasteiger partial charge in [0.05, 0.1) is 5.41 Å². The number of halogens is 2. The number of rotatable bonds is 6. The van der Waals surface area contributed by atoms with Crippen LogP contribution in [-0.2, 0) is 10.2 Å². The highest BCUT2D eigenvalue weighted by molar-refractivity contribution is 5.99. The van der Waals surface area contributed by atoms with Gasteiger partial charge in [-0.05, 0) is 54.8 Å². The summed E-state index contributed by atoms with van der Waals surface area (Å²) in [6.45, 7) is 0.906. The molecule has 0 saturated heterocycles. The predicted molar refractivity (Wildman–Crippen MR) is 103 cm³/mol. The van der Waals surface area contributed by atoms with Crippen LogP contribution in [-0.4, -0.2) is 19.1 Å². The number of hydrogen-bond acceptors (Lipinski definition) is 3. The SMILES string of the molecule is Cl.NCCOc1ccc(NC(=O)C2(c3cccc(F)c3)CCCC2)cc1. The number of nitrogens with one attached hydrogen (secondary N) is 1. The van der Waals surface area contributed by atoms with Gasteiger partial charge in [-0.1, -0.05) is 25.0 Å². The Kier molecular flexibility index (Phi) is 7.00. The molecule has 0 atom stereocenters. The summed E-state index contributed by atoms with van der Waals surface area (Å²) in [5, 5.41) is 2.98. The molecule has 0 bridgehead atoms. The molecule has 1 saturated carbocycles. The van der Waals surface area contributed by atoms with Crippen LogP contribution in [0.3, 0.4) is 0 Å². The third-order valence-electron chi connectivity index (χ3n) is 4.77. The van der Waals surface area contributed by atoms with E-state index in [1.165, 1.54) is 12.1 Å². The van der Waals surface area contributed by atoms with Crippen LogP contribution in [0.5, 0.6) is 5.75 Å². The molecule has 3 rings (SSSR count). The van der Waals surface area contributed by atoms with Crippen molar-refractivity contribution in [1.29, 1.82) is 0 Å². The normalized spacial score (nSPS) is 15.2. The molecule has 1 fully saturated rings. The second kappa shape index (κ2) is 9.01. The first kappa shape index (κ1) is 20.2. The molecule has 1 aliphatic rings. The molecule has 0 spiro atoms. The highest BCUT2D eigenvalue weighted by atomic mass is 35.5. The van der Waals surface area contributed by atoms with Crippen LogP contribution in [0.4, 0.5) is 10.1 Å². The van der Waals surface area contributed by atoms with Crippen LogP contribution in [0.1, 0.15) is 31.2 Å². The van der Waals surface area contributed by atoms with E-state index in [0.29, 0.717) is 24.6 Å². The number of nitrogens with two attached hydrogens (primary N) is 1. The van der Waals surface area contributed by atoms with Crippen LogP contribution in [0.25, 0.3) is 0 Å². The number of amides is 1. The minimum absolute atomic E-state index is 0. The van der Waals surface area contributed by atoms with Crippen molar-refractivity contribution in [2.75, 3.05) is 18.5 Å². The molecule has 1 aliphatic carbocycles. The van der Waals surface area contributed by atoms with Crippen LogP contribution >= 0.6 is 12.4 Å². The van der Waals surface area contributed by atoms with Crippen molar-refractivity contribution in [2.24, 2.45) is 5.73 Å². The molecule has 4 nitrogen and oxygen atoms in total. The van der Waals surface area contributed by atoms with E-state index in [1.807, 2.05) is 6.07 Å². The summed E-state index contributed by atoms with van der Waals surface area (Å²) in [6, 6.07) is 13.6. The summed E-state index contributed by atoms with van der Waals surface area (Å²) in [5.74, 6) is 0.327. The molecule has 2 aromatic rings. The number of benzene rings is 2. The van der Waals surface area contributed by atoms with Crippen molar-refractivity contribution in [3.05, 3.63) is 59.9 Å². The van der Waals surface area contributed by atoms with Gasteiger partial charge < -0.3 is 15.8 Å². The van der Waals surface area contributed by atoms with Crippen molar-refractivity contribution >= 4 is 24.0 Å². The molecule has 0 radical (unpaired) electrons. The predicted octanol–water partition coefficient (Wildman–Crippen LogP) is 4.04. The van der Waals surface area contributed by atoms with Crippen molar-refractivity contribution in [3.8, 4) is 5.75 Å². The zero-order chi connectivity index (χ0) is 17.7. The Balaban J connectivity index is 0.00000243. The minimum Gasteiger partial charge on any atom is -0.492 e. The standard InChI is InChI=1S/C20H23FN2O2.ClH/c21-16-5-3-4-15(14-16)20(10-1-2-11-20)19(24)23-17-6-8-18(9-7-17)25-13-12-22;/h3-9,14H,1-2,10-13,22H2,(H,23,24);1H. The maximum atomic E-state index is 13.7. The smallest absolute Gasteiger partial charge is 0.235 e. The van der Waals surface area contributed by atoms with Gasteiger partial charge in [0.1, 0.15) is 18.2 Å². The Morgan fingerprint density at radius 2 is 1.85 bits per heavy atom. The molecule has 26 heavy (non-hydrogen) atoms. The van der Waals surface area contributed by atoms with Gasteiger partial charge in [-0.3, -0.25) is 4.79 Å². The Labute approximate surface area is 159 Å². The summed E-state index contributed by atoms with van der Waals surface area (Å²) >= 11 is 0. The third-order valence-corrected chi connectivity index (χ3v) is 4.77. The summed E-state index contributed by atoms with van der Waals surface area (Å²) in [7, 11) is 0. The number of hydrogen-bond donors (Lipinski definition) is 2. The van der Waals surface area contributed by atoms with E-state index in [4.69, 9.17) is 10.5 Å². The zero-order valence-corrected chi connectivity index (χ0v) is 15.4. The quantitative estimate of drug-likeness (QED) is 0.797. The van der Waals surface area contributed by atoms with Gasteiger partial charge in [-0.15, -0.1) is 12.4 Å². The Bertz CT molecular complexity index is 731. The summed E-state index contributed by atoms with van der Waals surface area (Å²) in [6.07, 6.45) is 3.41. The highest BCUT2D eigenvalue weighted by Crippen LogP contribution is 2.42. The third kappa shape index (κ3) is 4.34. The van der Waals surface area contributed by atoms with Gasteiger partial charge in [-0.2, -0.15) is 0 Å².